The molecule has 3 unspecified atom stereocenters. The Bertz CT molecular complexity index is 577. The van der Waals surface area contributed by atoms with Gasteiger partial charge in [0.2, 0.25) is 5.91 Å². The summed E-state index contributed by atoms with van der Waals surface area (Å²) in [4.78, 5) is 25.7. The maximum atomic E-state index is 13.6. The van der Waals surface area contributed by atoms with Crippen molar-refractivity contribution in [1.29, 1.82) is 0 Å². The summed E-state index contributed by atoms with van der Waals surface area (Å²) in [7, 11) is 1.58. The number of amides is 1. The van der Waals surface area contributed by atoms with Crippen LogP contribution in [0.15, 0.2) is 24.3 Å². The van der Waals surface area contributed by atoms with Crippen molar-refractivity contribution in [2.75, 3.05) is 13.7 Å². The molecule has 0 aromatic heterocycles. The third-order valence-electron chi connectivity index (χ3n) is 4.36. The highest BCUT2D eigenvalue weighted by atomic mass is 19.1. The molecule has 0 saturated carbocycles. The van der Waals surface area contributed by atoms with E-state index in [0.717, 1.165) is 0 Å². The van der Waals surface area contributed by atoms with Crippen molar-refractivity contribution in [3.63, 3.8) is 0 Å². The van der Waals surface area contributed by atoms with Crippen LogP contribution in [0.1, 0.15) is 37.8 Å². The molecule has 0 radical (unpaired) electrons. The summed E-state index contributed by atoms with van der Waals surface area (Å²) in [5.41, 5.74) is 0.523. The fourth-order valence-electron chi connectivity index (χ4n) is 3.20. The molecule has 0 aliphatic carbocycles. The maximum absolute atomic E-state index is 13.6. The number of halogens is 1. The second kappa shape index (κ2) is 7.55. The first-order chi connectivity index (χ1) is 11.0. The van der Waals surface area contributed by atoms with Gasteiger partial charge >= 0.3 is 5.97 Å². The molecule has 1 N–H and O–H groups in total. The van der Waals surface area contributed by atoms with Gasteiger partial charge in [0.05, 0.1) is 12.0 Å². The molecule has 1 heterocycles. The Balaban J connectivity index is 2.40. The minimum Gasteiger partial charge on any atom is -0.481 e. The van der Waals surface area contributed by atoms with E-state index in [4.69, 9.17) is 4.74 Å². The summed E-state index contributed by atoms with van der Waals surface area (Å²) < 4.78 is 18.7. The van der Waals surface area contributed by atoms with E-state index >= 15 is 0 Å². The van der Waals surface area contributed by atoms with E-state index in [9.17, 15) is 19.1 Å². The Labute approximate surface area is 135 Å². The van der Waals surface area contributed by atoms with Crippen molar-refractivity contribution in [1.82, 2.24) is 4.90 Å². The highest BCUT2D eigenvalue weighted by molar-refractivity contribution is 5.82. The van der Waals surface area contributed by atoms with Crippen LogP contribution in [0.2, 0.25) is 0 Å². The second-order valence-corrected chi connectivity index (χ2v) is 5.91. The number of rotatable bonds is 6. The van der Waals surface area contributed by atoms with Gasteiger partial charge < -0.3 is 14.7 Å². The molecule has 3 atom stereocenters. The van der Waals surface area contributed by atoms with E-state index in [1.165, 1.54) is 12.1 Å². The number of benzene rings is 1. The highest BCUT2D eigenvalue weighted by Gasteiger charge is 2.42. The molecule has 1 aliphatic rings. The van der Waals surface area contributed by atoms with Gasteiger partial charge in [-0.2, -0.15) is 0 Å². The predicted octanol–water partition coefficient (Wildman–Crippen LogP) is 2.62. The van der Waals surface area contributed by atoms with Gasteiger partial charge in [-0.25, -0.2) is 4.39 Å². The first-order valence-electron chi connectivity index (χ1n) is 7.74. The zero-order valence-corrected chi connectivity index (χ0v) is 13.4. The van der Waals surface area contributed by atoms with Crippen LogP contribution in [0.4, 0.5) is 4.39 Å². The van der Waals surface area contributed by atoms with Crippen LogP contribution in [0.25, 0.3) is 0 Å². The number of likely N-dealkylation sites (tertiary alicyclic amines) is 1. The number of carboxylic acids is 1. The third kappa shape index (κ3) is 3.88. The van der Waals surface area contributed by atoms with Gasteiger partial charge in [0.1, 0.15) is 5.82 Å². The van der Waals surface area contributed by atoms with Crippen molar-refractivity contribution in [3.8, 4) is 0 Å². The molecule has 0 bridgehead atoms. The molecule has 0 spiro atoms. The van der Waals surface area contributed by atoms with Gasteiger partial charge in [-0.15, -0.1) is 0 Å². The quantitative estimate of drug-likeness (QED) is 0.874. The molecule has 1 fully saturated rings. The number of carboxylic acid groups (broad SMARTS) is 1. The third-order valence-corrected chi connectivity index (χ3v) is 4.36. The van der Waals surface area contributed by atoms with E-state index in [0.29, 0.717) is 18.6 Å². The predicted molar refractivity (Wildman–Crippen MR) is 82.3 cm³/mol. The van der Waals surface area contributed by atoms with Crippen molar-refractivity contribution in [2.24, 2.45) is 5.92 Å². The Kier molecular flexibility index (Phi) is 5.71. The van der Waals surface area contributed by atoms with Crippen LogP contribution < -0.4 is 0 Å². The molecule has 23 heavy (non-hydrogen) atoms. The van der Waals surface area contributed by atoms with Gasteiger partial charge in [-0.1, -0.05) is 12.1 Å². The zero-order chi connectivity index (χ0) is 17.0. The number of aliphatic carboxylic acids is 1. The highest BCUT2D eigenvalue weighted by Crippen LogP contribution is 2.39. The standard InChI is InChI=1S/C17H22FNO4/c1-11(8-9-23-2)19-15(20)7-6-14(17(21)22)16(19)12-4-3-5-13(18)10-12/h3-5,10-11,14,16H,6-9H2,1-2H3,(H,21,22). The Morgan fingerprint density at radius 1 is 1.52 bits per heavy atom. The molecule has 1 aromatic rings. The number of hydrogen-bond donors (Lipinski definition) is 1. The number of methoxy groups -OCH3 is 1. The van der Waals surface area contributed by atoms with Crippen LogP contribution in [-0.2, 0) is 14.3 Å². The fraction of sp³-hybridized carbons (Fsp3) is 0.529. The monoisotopic (exact) mass is 323 g/mol. The Morgan fingerprint density at radius 2 is 2.26 bits per heavy atom. The van der Waals surface area contributed by atoms with Crippen LogP contribution in [0.3, 0.4) is 0 Å². The second-order valence-electron chi connectivity index (χ2n) is 5.91. The molecule has 1 aromatic carbocycles. The molecular formula is C17H22FNO4. The summed E-state index contributed by atoms with van der Waals surface area (Å²) >= 11 is 0. The lowest BCUT2D eigenvalue weighted by molar-refractivity contribution is -0.154. The average molecular weight is 323 g/mol. The number of nitrogens with zero attached hydrogens (tertiary/aromatic N) is 1. The molecule has 126 valence electrons. The van der Waals surface area contributed by atoms with Crippen molar-refractivity contribution in [2.45, 2.75) is 38.3 Å². The molecule has 2 rings (SSSR count). The van der Waals surface area contributed by atoms with Crippen LogP contribution in [-0.4, -0.2) is 41.6 Å². The van der Waals surface area contributed by atoms with Gasteiger partial charge in [0, 0.05) is 26.2 Å². The number of hydrogen-bond acceptors (Lipinski definition) is 3. The van der Waals surface area contributed by atoms with E-state index in [1.807, 2.05) is 6.92 Å². The van der Waals surface area contributed by atoms with Gasteiger partial charge in [0.25, 0.3) is 0 Å². The van der Waals surface area contributed by atoms with E-state index in [2.05, 4.69) is 0 Å². The summed E-state index contributed by atoms with van der Waals surface area (Å²) in [6, 6.07) is 5.01. The van der Waals surface area contributed by atoms with Crippen LogP contribution in [0.5, 0.6) is 0 Å². The van der Waals surface area contributed by atoms with Gasteiger partial charge in [-0.3, -0.25) is 9.59 Å². The molecule has 1 aliphatic heterocycles. The molecule has 1 saturated heterocycles. The normalized spacial score (nSPS) is 22.9. The molecular weight excluding hydrogens is 301 g/mol. The minimum atomic E-state index is -0.962. The zero-order valence-electron chi connectivity index (χ0n) is 13.4. The van der Waals surface area contributed by atoms with E-state index < -0.39 is 23.7 Å². The van der Waals surface area contributed by atoms with E-state index in [-0.39, 0.29) is 24.8 Å². The van der Waals surface area contributed by atoms with Crippen molar-refractivity contribution >= 4 is 11.9 Å². The number of piperidine rings is 1. The Hall–Kier alpha value is -1.95. The van der Waals surface area contributed by atoms with Crippen molar-refractivity contribution in [3.05, 3.63) is 35.6 Å². The molecule has 6 heteroatoms. The van der Waals surface area contributed by atoms with Crippen molar-refractivity contribution < 1.29 is 23.8 Å². The largest absolute Gasteiger partial charge is 0.481 e. The summed E-state index contributed by atoms with van der Waals surface area (Å²) in [6.45, 7) is 2.34. The number of carbonyl (C=O) groups excluding carboxylic acids is 1. The Morgan fingerprint density at radius 3 is 2.87 bits per heavy atom. The summed E-state index contributed by atoms with van der Waals surface area (Å²) in [5, 5.41) is 9.54. The maximum Gasteiger partial charge on any atom is 0.308 e. The smallest absolute Gasteiger partial charge is 0.308 e. The SMILES string of the molecule is COCCC(C)N1C(=O)CCC(C(=O)O)C1c1cccc(F)c1. The lowest BCUT2D eigenvalue weighted by Crippen LogP contribution is -2.49. The minimum absolute atomic E-state index is 0.0969. The van der Waals surface area contributed by atoms with Gasteiger partial charge in [0.15, 0.2) is 0 Å². The lowest BCUT2D eigenvalue weighted by atomic mass is 9.83. The van der Waals surface area contributed by atoms with Crippen LogP contribution in [0, 0.1) is 11.7 Å². The summed E-state index contributed by atoms with van der Waals surface area (Å²) in [5.74, 6) is -2.23. The van der Waals surface area contributed by atoms with E-state index in [1.54, 1.807) is 24.1 Å². The first kappa shape index (κ1) is 17.4. The summed E-state index contributed by atoms with van der Waals surface area (Å²) in [6.07, 6.45) is 1.06. The van der Waals surface area contributed by atoms with Gasteiger partial charge in [-0.05, 0) is 37.5 Å². The lowest BCUT2D eigenvalue weighted by Gasteiger charge is -2.43. The molecule has 5 nitrogen and oxygen atoms in total. The topological polar surface area (TPSA) is 66.8 Å². The van der Waals surface area contributed by atoms with Crippen LogP contribution >= 0.6 is 0 Å². The molecule has 1 amide bonds. The number of carbonyl (C=O) groups is 2. The first-order valence-corrected chi connectivity index (χ1v) is 7.74. The number of ether oxygens (including phenoxy) is 1. The average Bonchev–Trinajstić information content (AvgIpc) is 2.51. The fourth-order valence-corrected chi connectivity index (χ4v) is 3.20.